The predicted molar refractivity (Wildman–Crippen MR) is 194 cm³/mol. The molecule has 1 heteroatoms. The molecular formula is C44H25N. The average Bonchev–Trinajstić information content (AvgIpc) is 3.60. The van der Waals surface area contributed by atoms with Gasteiger partial charge in [0.05, 0.1) is 16.6 Å². The lowest BCUT2D eigenvalue weighted by molar-refractivity contribution is 1.38. The molecule has 0 saturated heterocycles. The van der Waals surface area contributed by atoms with Crippen molar-refractivity contribution in [3.8, 4) is 11.1 Å². The smallest absolute Gasteiger partial charge is 0.0620 e. The van der Waals surface area contributed by atoms with Crippen molar-refractivity contribution in [3.05, 3.63) is 152 Å². The molecule has 0 amide bonds. The van der Waals surface area contributed by atoms with Gasteiger partial charge < -0.3 is 4.40 Å². The highest BCUT2D eigenvalue weighted by molar-refractivity contribution is 6.28. The van der Waals surface area contributed by atoms with Crippen LogP contribution in [0.1, 0.15) is 0 Å². The van der Waals surface area contributed by atoms with Crippen LogP contribution in [0.4, 0.5) is 0 Å². The Balaban J connectivity index is 1.30. The van der Waals surface area contributed by atoms with Crippen molar-refractivity contribution in [2.75, 3.05) is 0 Å². The molecule has 0 aliphatic rings. The maximum atomic E-state index is 2.51. The van der Waals surface area contributed by atoms with E-state index in [1.54, 1.807) is 0 Å². The normalized spacial score (nSPS) is 12.4. The topological polar surface area (TPSA) is 4.41 Å². The molecule has 0 aliphatic heterocycles. The van der Waals surface area contributed by atoms with Gasteiger partial charge in [0.2, 0.25) is 0 Å². The summed E-state index contributed by atoms with van der Waals surface area (Å²) >= 11 is 0. The van der Waals surface area contributed by atoms with Gasteiger partial charge >= 0.3 is 0 Å². The van der Waals surface area contributed by atoms with E-state index in [0.717, 1.165) is 0 Å². The van der Waals surface area contributed by atoms with Gasteiger partial charge in [-0.25, -0.2) is 0 Å². The van der Waals surface area contributed by atoms with E-state index >= 15 is 0 Å². The van der Waals surface area contributed by atoms with Crippen LogP contribution in [0.25, 0.3) is 103 Å². The first-order chi connectivity index (χ1) is 22.3. The average molecular weight is 568 g/mol. The van der Waals surface area contributed by atoms with Crippen molar-refractivity contribution >= 4 is 92.0 Å². The van der Waals surface area contributed by atoms with Crippen LogP contribution in [0.2, 0.25) is 0 Å². The van der Waals surface area contributed by atoms with Gasteiger partial charge in [0, 0.05) is 21.5 Å². The molecule has 206 valence electrons. The predicted octanol–water partition coefficient (Wildman–Crippen LogP) is 12.3. The molecule has 2 heterocycles. The van der Waals surface area contributed by atoms with E-state index in [-0.39, 0.29) is 0 Å². The van der Waals surface area contributed by atoms with Crippen molar-refractivity contribution in [3.63, 3.8) is 0 Å². The summed E-state index contributed by atoms with van der Waals surface area (Å²) < 4.78 is 2.51. The van der Waals surface area contributed by atoms with E-state index in [0.29, 0.717) is 0 Å². The lowest BCUT2D eigenvalue weighted by atomic mass is 9.91. The summed E-state index contributed by atoms with van der Waals surface area (Å²) in [5.74, 6) is 0. The fraction of sp³-hybridized carbons (Fsp3) is 0. The number of hydrogen-bond acceptors (Lipinski definition) is 0. The van der Waals surface area contributed by atoms with Gasteiger partial charge in [-0.05, 0) is 107 Å². The van der Waals surface area contributed by atoms with Crippen molar-refractivity contribution in [1.82, 2.24) is 4.40 Å². The number of fused-ring (bicyclic) bond motifs is 14. The lowest BCUT2D eigenvalue weighted by Crippen LogP contribution is -1.85. The van der Waals surface area contributed by atoms with Crippen LogP contribution in [-0.4, -0.2) is 4.40 Å². The van der Waals surface area contributed by atoms with Gasteiger partial charge in [-0.15, -0.1) is 0 Å². The highest BCUT2D eigenvalue weighted by atomic mass is 14.9. The maximum absolute atomic E-state index is 2.51. The first-order valence-electron chi connectivity index (χ1n) is 15.7. The zero-order chi connectivity index (χ0) is 29.2. The minimum atomic E-state index is 1.25. The molecule has 0 atom stereocenters. The largest absolute Gasteiger partial charge is 0.308 e. The molecule has 0 unspecified atom stereocenters. The Labute approximate surface area is 258 Å². The highest BCUT2D eigenvalue weighted by Crippen LogP contribution is 2.44. The maximum Gasteiger partial charge on any atom is 0.0620 e. The third kappa shape index (κ3) is 3.07. The molecule has 11 aromatic rings. The molecule has 0 N–H and O–H groups in total. The number of benzene rings is 9. The van der Waals surface area contributed by atoms with Crippen LogP contribution in [0.5, 0.6) is 0 Å². The zero-order valence-electron chi connectivity index (χ0n) is 24.4. The van der Waals surface area contributed by atoms with Gasteiger partial charge in [0.15, 0.2) is 0 Å². The number of hydrogen-bond donors (Lipinski definition) is 0. The first kappa shape index (κ1) is 23.5. The van der Waals surface area contributed by atoms with Gasteiger partial charge in [0.1, 0.15) is 0 Å². The summed E-state index contributed by atoms with van der Waals surface area (Å²) in [5, 5.41) is 18.2. The van der Waals surface area contributed by atoms with E-state index < -0.39 is 0 Å². The van der Waals surface area contributed by atoms with Gasteiger partial charge in [-0.2, -0.15) is 0 Å². The quantitative estimate of drug-likeness (QED) is 0.174. The van der Waals surface area contributed by atoms with E-state index in [2.05, 4.69) is 156 Å². The number of aromatic nitrogens is 1. The Morgan fingerprint density at radius 2 is 0.667 bits per heavy atom. The molecule has 9 aromatic carbocycles. The Bertz CT molecular complexity index is 2870. The highest BCUT2D eigenvalue weighted by Gasteiger charge is 2.20. The summed E-state index contributed by atoms with van der Waals surface area (Å²) in [7, 11) is 0. The standard InChI is InChI=1S/C44H25N/c1-3-11-28-24-42-38(20-26(28)9-1)40-22-31(23-41-39-21-27-10-2-4-12-29(27)25-43(39)45(42)44(40)41)30-17-18-36-34-15-6-5-13-32(34)33-14-7-8-16-35(33)37(36)19-30/h1-25H. The summed E-state index contributed by atoms with van der Waals surface area (Å²) in [4.78, 5) is 0. The van der Waals surface area contributed by atoms with E-state index in [4.69, 9.17) is 0 Å². The second-order valence-corrected chi connectivity index (χ2v) is 12.5. The van der Waals surface area contributed by atoms with Gasteiger partial charge in [-0.1, -0.05) is 109 Å². The van der Waals surface area contributed by atoms with Crippen LogP contribution in [0, 0.1) is 0 Å². The lowest BCUT2D eigenvalue weighted by Gasteiger charge is -2.12. The second kappa shape index (κ2) is 8.37. The molecule has 0 spiro atoms. The summed E-state index contributed by atoms with van der Waals surface area (Å²) in [6.07, 6.45) is 0. The minimum Gasteiger partial charge on any atom is -0.308 e. The van der Waals surface area contributed by atoms with Crippen LogP contribution in [0.15, 0.2) is 152 Å². The number of rotatable bonds is 1. The molecule has 11 rings (SSSR count). The van der Waals surface area contributed by atoms with Crippen molar-refractivity contribution < 1.29 is 0 Å². The molecular weight excluding hydrogens is 542 g/mol. The van der Waals surface area contributed by atoms with Crippen molar-refractivity contribution in [1.29, 1.82) is 0 Å². The van der Waals surface area contributed by atoms with Crippen molar-refractivity contribution in [2.45, 2.75) is 0 Å². The van der Waals surface area contributed by atoms with Gasteiger partial charge in [-0.3, -0.25) is 0 Å². The Hall–Kier alpha value is -5.92. The molecule has 2 aromatic heterocycles. The molecule has 0 saturated carbocycles. The minimum absolute atomic E-state index is 1.25. The van der Waals surface area contributed by atoms with E-state index in [1.165, 1.54) is 103 Å². The van der Waals surface area contributed by atoms with E-state index in [9.17, 15) is 0 Å². The molecule has 45 heavy (non-hydrogen) atoms. The third-order valence-electron chi connectivity index (χ3n) is 10.2. The Kier molecular flexibility index (Phi) is 4.38. The van der Waals surface area contributed by atoms with Crippen LogP contribution < -0.4 is 0 Å². The number of nitrogens with zero attached hydrogens (tertiary/aromatic N) is 1. The third-order valence-corrected chi connectivity index (χ3v) is 10.2. The monoisotopic (exact) mass is 567 g/mol. The molecule has 0 aliphatic carbocycles. The fourth-order valence-corrected chi connectivity index (χ4v) is 8.17. The van der Waals surface area contributed by atoms with Gasteiger partial charge in [0.25, 0.3) is 0 Å². The summed E-state index contributed by atoms with van der Waals surface area (Å²) in [5.41, 5.74) is 6.35. The Morgan fingerprint density at radius 3 is 1.18 bits per heavy atom. The van der Waals surface area contributed by atoms with E-state index in [1.807, 2.05) is 0 Å². The van der Waals surface area contributed by atoms with Crippen LogP contribution >= 0.6 is 0 Å². The fourth-order valence-electron chi connectivity index (χ4n) is 8.17. The SMILES string of the molecule is c1ccc2cc3c(cc2c1)c1cc(-c2ccc4c5ccccc5c5ccccc5c4c2)cc2c4cc5ccccc5cc4n3c12. The van der Waals surface area contributed by atoms with Crippen LogP contribution in [0.3, 0.4) is 0 Å². The molecule has 0 radical (unpaired) electrons. The van der Waals surface area contributed by atoms with Crippen LogP contribution in [-0.2, 0) is 0 Å². The molecule has 1 nitrogen and oxygen atoms in total. The first-order valence-corrected chi connectivity index (χ1v) is 15.7. The second-order valence-electron chi connectivity index (χ2n) is 12.5. The Morgan fingerprint density at radius 1 is 0.267 bits per heavy atom. The summed E-state index contributed by atoms with van der Waals surface area (Å²) in [6, 6.07) is 56.6. The zero-order valence-corrected chi connectivity index (χ0v) is 24.4. The molecule has 0 fully saturated rings. The molecule has 0 bridgehead atoms. The van der Waals surface area contributed by atoms with Crippen molar-refractivity contribution in [2.24, 2.45) is 0 Å². The summed E-state index contributed by atoms with van der Waals surface area (Å²) in [6.45, 7) is 0.